The van der Waals surface area contributed by atoms with Crippen LogP contribution in [0, 0.1) is 28.1 Å². The molecule has 3 aliphatic rings. The minimum atomic E-state index is -0.137. The van der Waals surface area contributed by atoms with Gasteiger partial charge in [0.2, 0.25) is 11.8 Å². The maximum atomic E-state index is 12.5. The molecule has 4 heteroatoms. The van der Waals surface area contributed by atoms with Gasteiger partial charge in [0.1, 0.15) is 0 Å². The lowest BCUT2D eigenvalue weighted by molar-refractivity contribution is -0.127. The van der Waals surface area contributed by atoms with Gasteiger partial charge >= 0.3 is 0 Å². The summed E-state index contributed by atoms with van der Waals surface area (Å²) in [5, 5.41) is 6.50. The van der Waals surface area contributed by atoms with E-state index in [1.54, 1.807) is 0 Å². The fraction of sp³-hybridized carbons (Fsp3) is 0.895. The lowest BCUT2D eigenvalue weighted by Crippen LogP contribution is -2.49. The van der Waals surface area contributed by atoms with E-state index >= 15 is 0 Å². The molecule has 4 nitrogen and oxygen atoms in total. The van der Waals surface area contributed by atoms with Gasteiger partial charge in [-0.15, -0.1) is 0 Å². The van der Waals surface area contributed by atoms with Gasteiger partial charge in [0.25, 0.3) is 0 Å². The lowest BCUT2D eigenvalue weighted by Gasteiger charge is -2.32. The molecule has 3 fully saturated rings. The van der Waals surface area contributed by atoms with Crippen molar-refractivity contribution in [3.8, 4) is 0 Å². The Morgan fingerprint density at radius 3 is 2.00 bits per heavy atom. The number of carbonyl (C=O) groups excluding carboxylic acids is 2. The molecule has 0 bridgehead atoms. The van der Waals surface area contributed by atoms with Gasteiger partial charge in [-0.1, -0.05) is 34.6 Å². The molecule has 0 aromatic heterocycles. The third-order valence-corrected chi connectivity index (χ3v) is 6.78. The Labute approximate surface area is 140 Å². The maximum absolute atomic E-state index is 12.5. The first-order valence-corrected chi connectivity index (χ1v) is 9.17. The molecule has 2 amide bonds. The minimum Gasteiger partial charge on any atom is -0.355 e. The van der Waals surface area contributed by atoms with Crippen molar-refractivity contribution in [3.63, 3.8) is 0 Å². The van der Waals surface area contributed by atoms with E-state index < -0.39 is 0 Å². The highest BCUT2D eigenvalue weighted by Gasteiger charge is 2.51. The van der Waals surface area contributed by atoms with Crippen molar-refractivity contribution in [1.29, 1.82) is 0 Å². The molecule has 3 atom stereocenters. The van der Waals surface area contributed by atoms with Gasteiger partial charge in [-0.25, -0.2) is 0 Å². The van der Waals surface area contributed by atoms with E-state index in [1.807, 2.05) is 6.92 Å². The standard InChI is InChI=1S/C19H32N2O2/c1-12-10-17(2,3)13(11-20-15(22)18(4)6-7-18)14(12)21-16(23)19(5)8-9-19/h12-14H,6-11H2,1-5H3,(H,20,22)(H,21,23). The van der Waals surface area contributed by atoms with Crippen molar-refractivity contribution >= 4 is 11.8 Å². The molecule has 0 aromatic carbocycles. The van der Waals surface area contributed by atoms with Gasteiger partial charge in [0.05, 0.1) is 0 Å². The molecule has 3 saturated carbocycles. The van der Waals surface area contributed by atoms with Gasteiger partial charge in [-0.05, 0) is 43.4 Å². The minimum absolute atomic E-state index is 0.130. The van der Waals surface area contributed by atoms with Gasteiger partial charge < -0.3 is 10.6 Å². The van der Waals surface area contributed by atoms with Crippen molar-refractivity contribution in [2.24, 2.45) is 28.1 Å². The maximum Gasteiger partial charge on any atom is 0.226 e. The molecule has 0 radical (unpaired) electrons. The molecular weight excluding hydrogens is 288 g/mol. The number of carbonyl (C=O) groups is 2. The quantitative estimate of drug-likeness (QED) is 0.818. The van der Waals surface area contributed by atoms with Gasteiger partial charge in [-0.3, -0.25) is 9.59 Å². The number of hydrogen-bond donors (Lipinski definition) is 2. The molecular formula is C19H32N2O2. The second-order valence-electron chi connectivity index (χ2n) is 9.61. The van der Waals surface area contributed by atoms with Gasteiger partial charge in [0, 0.05) is 29.3 Å². The fourth-order valence-electron chi connectivity index (χ4n) is 4.21. The first-order chi connectivity index (χ1) is 10.6. The SMILES string of the molecule is CC1CC(C)(C)C(CNC(=O)C2(C)CC2)C1NC(=O)C1(C)CC1. The zero-order chi connectivity index (χ0) is 17.0. The number of nitrogens with one attached hydrogen (secondary N) is 2. The monoisotopic (exact) mass is 320 g/mol. The Balaban J connectivity index is 1.65. The Bertz CT molecular complexity index is 517. The fourth-order valence-corrected chi connectivity index (χ4v) is 4.21. The highest BCUT2D eigenvalue weighted by molar-refractivity contribution is 5.85. The van der Waals surface area contributed by atoms with E-state index in [-0.39, 0.29) is 34.1 Å². The average Bonchev–Trinajstić information content (AvgIpc) is 3.35. The van der Waals surface area contributed by atoms with E-state index in [9.17, 15) is 9.59 Å². The molecule has 0 heterocycles. The summed E-state index contributed by atoms with van der Waals surface area (Å²) in [6.07, 6.45) is 5.10. The number of amides is 2. The predicted octanol–water partition coefficient (Wildman–Crippen LogP) is 2.87. The van der Waals surface area contributed by atoms with Crippen LogP contribution >= 0.6 is 0 Å². The van der Waals surface area contributed by atoms with Crippen LogP contribution in [0.1, 0.15) is 66.7 Å². The molecule has 3 unspecified atom stereocenters. The summed E-state index contributed by atoms with van der Waals surface area (Å²) in [5.41, 5.74) is -0.129. The highest BCUT2D eigenvalue weighted by Crippen LogP contribution is 2.49. The summed E-state index contributed by atoms with van der Waals surface area (Å²) < 4.78 is 0. The van der Waals surface area contributed by atoms with Crippen LogP contribution in [0.15, 0.2) is 0 Å². The average molecular weight is 320 g/mol. The number of rotatable bonds is 5. The summed E-state index contributed by atoms with van der Waals surface area (Å²) in [6, 6.07) is 0.169. The highest BCUT2D eigenvalue weighted by atomic mass is 16.2. The van der Waals surface area contributed by atoms with Crippen molar-refractivity contribution in [2.45, 2.75) is 72.8 Å². The van der Waals surface area contributed by atoms with Gasteiger partial charge in [-0.2, -0.15) is 0 Å². The Hall–Kier alpha value is -1.06. The smallest absolute Gasteiger partial charge is 0.226 e. The molecule has 130 valence electrons. The van der Waals surface area contributed by atoms with Crippen molar-refractivity contribution in [1.82, 2.24) is 10.6 Å². The zero-order valence-electron chi connectivity index (χ0n) is 15.3. The summed E-state index contributed by atoms with van der Waals surface area (Å²) in [6.45, 7) is 11.5. The molecule has 0 aliphatic heterocycles. The Kier molecular flexibility index (Phi) is 3.81. The van der Waals surface area contributed by atoms with Crippen LogP contribution in [-0.4, -0.2) is 24.4 Å². The Morgan fingerprint density at radius 2 is 1.48 bits per heavy atom. The van der Waals surface area contributed by atoms with E-state index in [2.05, 4.69) is 38.3 Å². The van der Waals surface area contributed by atoms with Crippen LogP contribution in [0.5, 0.6) is 0 Å². The van der Waals surface area contributed by atoms with E-state index in [0.29, 0.717) is 18.4 Å². The Morgan fingerprint density at radius 1 is 0.957 bits per heavy atom. The van der Waals surface area contributed by atoms with Crippen LogP contribution in [0.3, 0.4) is 0 Å². The van der Waals surface area contributed by atoms with Crippen LogP contribution in [0.2, 0.25) is 0 Å². The van der Waals surface area contributed by atoms with E-state index in [0.717, 1.165) is 32.1 Å². The van der Waals surface area contributed by atoms with E-state index in [4.69, 9.17) is 0 Å². The molecule has 23 heavy (non-hydrogen) atoms. The van der Waals surface area contributed by atoms with Crippen LogP contribution in [0.25, 0.3) is 0 Å². The van der Waals surface area contributed by atoms with Crippen LogP contribution in [0.4, 0.5) is 0 Å². The van der Waals surface area contributed by atoms with Crippen molar-refractivity contribution < 1.29 is 9.59 Å². The first kappa shape index (κ1) is 16.8. The third-order valence-electron chi connectivity index (χ3n) is 6.78. The molecule has 0 aromatic rings. The summed E-state index contributed by atoms with van der Waals surface area (Å²) in [5.74, 6) is 1.15. The van der Waals surface area contributed by atoms with Crippen molar-refractivity contribution in [2.75, 3.05) is 6.54 Å². The molecule has 3 aliphatic carbocycles. The summed E-state index contributed by atoms with van der Waals surface area (Å²) in [4.78, 5) is 24.8. The van der Waals surface area contributed by atoms with Crippen LogP contribution in [-0.2, 0) is 9.59 Å². The summed E-state index contributed by atoms with van der Waals surface area (Å²) in [7, 11) is 0. The van der Waals surface area contributed by atoms with E-state index in [1.165, 1.54) is 0 Å². The van der Waals surface area contributed by atoms with Gasteiger partial charge in [0.15, 0.2) is 0 Å². The predicted molar refractivity (Wildman–Crippen MR) is 90.7 cm³/mol. The topological polar surface area (TPSA) is 58.2 Å². The second-order valence-corrected chi connectivity index (χ2v) is 9.61. The molecule has 2 N–H and O–H groups in total. The molecule has 3 rings (SSSR count). The first-order valence-electron chi connectivity index (χ1n) is 9.17. The lowest BCUT2D eigenvalue weighted by atomic mass is 9.80. The van der Waals surface area contributed by atoms with Crippen LogP contribution < -0.4 is 10.6 Å². The van der Waals surface area contributed by atoms with Crippen molar-refractivity contribution in [3.05, 3.63) is 0 Å². The molecule has 0 spiro atoms. The number of hydrogen-bond acceptors (Lipinski definition) is 2. The normalized spacial score (nSPS) is 35.4. The second kappa shape index (κ2) is 5.22. The molecule has 0 saturated heterocycles. The zero-order valence-corrected chi connectivity index (χ0v) is 15.3. The largest absolute Gasteiger partial charge is 0.355 e. The third kappa shape index (κ3) is 3.14. The summed E-state index contributed by atoms with van der Waals surface area (Å²) >= 11 is 0.